The average Bonchev–Trinajstić information content (AvgIpc) is 2.78. The highest BCUT2D eigenvalue weighted by molar-refractivity contribution is 14.1. The van der Waals surface area contributed by atoms with Crippen LogP contribution in [0.2, 0.25) is 0 Å². The van der Waals surface area contributed by atoms with Crippen LogP contribution in [0, 0.1) is 14.9 Å². The number of ether oxygens (including phenoxy) is 4. The van der Waals surface area contributed by atoms with Crippen LogP contribution >= 0.6 is 22.6 Å². The predicted octanol–water partition coefficient (Wildman–Crippen LogP) is 4.33. The molecule has 0 aliphatic heterocycles. The van der Waals surface area contributed by atoms with Crippen molar-refractivity contribution < 1.29 is 23.7 Å². The number of carbonyl (C=O) groups is 1. The van der Waals surface area contributed by atoms with E-state index in [1.54, 1.807) is 38.5 Å². The molecule has 31 heavy (non-hydrogen) atoms. The number of rotatable bonds is 10. The van der Waals surface area contributed by atoms with Crippen molar-refractivity contribution in [3.63, 3.8) is 0 Å². The quantitative estimate of drug-likeness (QED) is 0.276. The minimum Gasteiger partial charge on any atom is -0.497 e. The highest BCUT2D eigenvalue weighted by Gasteiger charge is 2.14. The Hall–Kier alpha value is -2.93. The second kappa shape index (κ2) is 12.1. The molecule has 0 aliphatic carbocycles. The summed E-state index contributed by atoms with van der Waals surface area (Å²) in [5.41, 5.74) is 1.42. The number of amides is 1. The molecular formula is C23H25IN2O5. The van der Waals surface area contributed by atoms with Gasteiger partial charge in [0.2, 0.25) is 0 Å². The van der Waals surface area contributed by atoms with Gasteiger partial charge in [-0.3, -0.25) is 4.79 Å². The first-order valence-electron chi connectivity index (χ1n) is 9.67. The molecule has 164 valence electrons. The maximum atomic E-state index is 12.6. The molecule has 0 unspecified atom stereocenters. The van der Waals surface area contributed by atoms with Crippen LogP contribution in [-0.4, -0.2) is 33.3 Å². The van der Waals surface area contributed by atoms with Gasteiger partial charge in [-0.05, 0) is 72.3 Å². The van der Waals surface area contributed by atoms with Crippen LogP contribution in [0.1, 0.15) is 25.0 Å². The summed E-state index contributed by atoms with van der Waals surface area (Å²) >= 11 is 2.15. The van der Waals surface area contributed by atoms with Gasteiger partial charge in [0.15, 0.2) is 11.5 Å². The maximum Gasteiger partial charge on any atom is 0.262 e. The number of nitrogens with one attached hydrogen (secondary N) is 1. The lowest BCUT2D eigenvalue weighted by Gasteiger charge is -2.14. The summed E-state index contributed by atoms with van der Waals surface area (Å²) in [6.45, 7) is 4.96. The van der Waals surface area contributed by atoms with E-state index in [0.717, 1.165) is 9.13 Å². The fraction of sp³-hybridized carbons (Fsp3) is 0.304. The summed E-state index contributed by atoms with van der Waals surface area (Å²) in [7, 11) is 3.11. The van der Waals surface area contributed by atoms with Crippen LogP contribution in [0.5, 0.6) is 23.0 Å². The normalized spacial score (nSPS) is 10.8. The first-order chi connectivity index (χ1) is 15.0. The second-order valence-corrected chi connectivity index (χ2v) is 7.39. The third-order valence-electron chi connectivity index (χ3n) is 4.23. The summed E-state index contributed by atoms with van der Waals surface area (Å²) in [6, 6.07) is 10.9. The van der Waals surface area contributed by atoms with Crippen molar-refractivity contribution in [2.24, 2.45) is 0 Å². The molecule has 0 bridgehead atoms. The summed E-state index contributed by atoms with van der Waals surface area (Å²) in [5, 5.41) is 12.3. The molecule has 0 spiro atoms. The highest BCUT2D eigenvalue weighted by Crippen LogP contribution is 2.35. The number of methoxy groups -OCH3 is 2. The van der Waals surface area contributed by atoms with Gasteiger partial charge in [-0.25, -0.2) is 0 Å². The first kappa shape index (κ1) is 24.3. The van der Waals surface area contributed by atoms with Gasteiger partial charge in [-0.1, -0.05) is 0 Å². The van der Waals surface area contributed by atoms with Crippen molar-refractivity contribution in [2.45, 2.75) is 20.4 Å². The van der Waals surface area contributed by atoms with E-state index < -0.39 is 5.91 Å². The van der Waals surface area contributed by atoms with Crippen LogP contribution < -0.4 is 24.3 Å². The van der Waals surface area contributed by atoms with E-state index in [2.05, 4.69) is 27.9 Å². The van der Waals surface area contributed by atoms with Gasteiger partial charge in [-0.15, -0.1) is 0 Å². The average molecular weight is 536 g/mol. The van der Waals surface area contributed by atoms with Crippen molar-refractivity contribution in [1.29, 1.82) is 5.26 Å². The van der Waals surface area contributed by atoms with Gasteiger partial charge >= 0.3 is 0 Å². The van der Waals surface area contributed by atoms with Crippen molar-refractivity contribution in [1.82, 2.24) is 5.32 Å². The predicted molar refractivity (Wildman–Crippen MR) is 126 cm³/mol. The standard InChI is InChI=1S/C23H25IN2O5/c1-5-30-21-11-15(10-19(24)22(21)31-6-2)9-17(13-25)23(27)26-14-16-7-8-18(28-3)12-20(16)29-4/h7-12H,5-6,14H2,1-4H3,(H,26,27)/b17-9+. The molecule has 8 heteroatoms. The van der Waals surface area contributed by atoms with Crippen LogP contribution in [0.3, 0.4) is 0 Å². The van der Waals surface area contributed by atoms with E-state index >= 15 is 0 Å². The zero-order chi connectivity index (χ0) is 22.8. The van der Waals surface area contributed by atoms with Crippen LogP contribution in [0.4, 0.5) is 0 Å². The van der Waals surface area contributed by atoms with Crippen LogP contribution in [-0.2, 0) is 11.3 Å². The number of benzene rings is 2. The molecule has 2 aromatic carbocycles. The molecule has 0 radical (unpaired) electrons. The minimum absolute atomic E-state index is 0.0186. The lowest BCUT2D eigenvalue weighted by molar-refractivity contribution is -0.117. The first-order valence-corrected chi connectivity index (χ1v) is 10.7. The second-order valence-electron chi connectivity index (χ2n) is 6.23. The van der Waals surface area contributed by atoms with Gasteiger partial charge in [-0.2, -0.15) is 5.26 Å². The zero-order valence-corrected chi connectivity index (χ0v) is 20.1. The van der Waals surface area contributed by atoms with Crippen molar-refractivity contribution in [2.75, 3.05) is 27.4 Å². The monoisotopic (exact) mass is 536 g/mol. The number of carbonyl (C=O) groups excluding carboxylic acids is 1. The van der Waals surface area contributed by atoms with E-state index in [-0.39, 0.29) is 12.1 Å². The van der Waals surface area contributed by atoms with E-state index in [1.807, 2.05) is 26.0 Å². The number of hydrogen-bond donors (Lipinski definition) is 1. The molecule has 7 nitrogen and oxygen atoms in total. The smallest absolute Gasteiger partial charge is 0.262 e. The topological polar surface area (TPSA) is 89.8 Å². The Morgan fingerprint density at radius 3 is 2.45 bits per heavy atom. The number of nitriles is 1. The van der Waals surface area contributed by atoms with Crippen molar-refractivity contribution >= 4 is 34.6 Å². The number of hydrogen-bond acceptors (Lipinski definition) is 6. The largest absolute Gasteiger partial charge is 0.497 e. The zero-order valence-electron chi connectivity index (χ0n) is 18.0. The third kappa shape index (κ3) is 6.52. The molecule has 1 N–H and O–H groups in total. The van der Waals surface area contributed by atoms with Gasteiger partial charge in [0.05, 0.1) is 31.0 Å². The molecular weight excluding hydrogens is 511 g/mol. The third-order valence-corrected chi connectivity index (χ3v) is 5.03. The molecule has 0 aliphatic rings. The lowest BCUT2D eigenvalue weighted by atomic mass is 10.1. The molecule has 0 aromatic heterocycles. The molecule has 0 fully saturated rings. The Morgan fingerprint density at radius 2 is 1.84 bits per heavy atom. The van der Waals surface area contributed by atoms with E-state index in [1.165, 1.54) is 6.08 Å². The Kier molecular flexibility index (Phi) is 9.46. The van der Waals surface area contributed by atoms with E-state index in [9.17, 15) is 10.1 Å². The van der Waals surface area contributed by atoms with Crippen LogP contribution in [0.25, 0.3) is 6.08 Å². The molecule has 0 atom stereocenters. The Balaban J connectivity index is 2.23. The summed E-state index contributed by atoms with van der Waals surface area (Å²) in [6.07, 6.45) is 1.53. The van der Waals surface area contributed by atoms with E-state index in [0.29, 0.717) is 41.8 Å². The van der Waals surface area contributed by atoms with Gasteiger partial charge in [0.25, 0.3) is 5.91 Å². The molecule has 2 rings (SSSR count). The maximum absolute atomic E-state index is 12.6. The summed E-state index contributed by atoms with van der Waals surface area (Å²) in [5.74, 6) is 1.98. The summed E-state index contributed by atoms with van der Waals surface area (Å²) in [4.78, 5) is 12.6. The van der Waals surface area contributed by atoms with Crippen LogP contribution in [0.15, 0.2) is 35.9 Å². The van der Waals surface area contributed by atoms with E-state index in [4.69, 9.17) is 18.9 Å². The molecule has 0 saturated heterocycles. The molecule has 1 amide bonds. The number of halogens is 1. The van der Waals surface area contributed by atoms with Gasteiger partial charge in [0.1, 0.15) is 23.1 Å². The van der Waals surface area contributed by atoms with Crippen molar-refractivity contribution in [3.05, 3.63) is 50.6 Å². The fourth-order valence-corrected chi connectivity index (χ4v) is 3.58. The Labute approximate surface area is 196 Å². The van der Waals surface area contributed by atoms with Gasteiger partial charge in [0, 0.05) is 18.2 Å². The molecule has 2 aromatic rings. The highest BCUT2D eigenvalue weighted by atomic mass is 127. The van der Waals surface area contributed by atoms with Crippen molar-refractivity contribution in [3.8, 4) is 29.1 Å². The SMILES string of the molecule is CCOc1cc(/C=C(\C#N)C(=O)NCc2ccc(OC)cc2OC)cc(I)c1OCC. The summed E-state index contributed by atoms with van der Waals surface area (Å²) < 4.78 is 22.7. The Morgan fingerprint density at radius 1 is 1.10 bits per heavy atom. The lowest BCUT2D eigenvalue weighted by Crippen LogP contribution is -2.24. The molecule has 0 saturated carbocycles. The molecule has 0 heterocycles. The number of nitrogens with zero attached hydrogens (tertiary/aromatic N) is 1. The van der Waals surface area contributed by atoms with Gasteiger partial charge < -0.3 is 24.3 Å². The minimum atomic E-state index is -0.484. The Bertz CT molecular complexity index is 998. The fourth-order valence-electron chi connectivity index (χ4n) is 2.80.